The summed E-state index contributed by atoms with van der Waals surface area (Å²) in [5, 5.41) is 23.3. The first kappa shape index (κ1) is 13.5. The van der Waals surface area contributed by atoms with Crippen LogP contribution in [-0.4, -0.2) is 21.5 Å². The Morgan fingerprint density at radius 3 is 2.32 bits per heavy atom. The highest BCUT2D eigenvalue weighted by molar-refractivity contribution is 5.97. The average Bonchev–Trinajstić information content (AvgIpc) is 2.40. The van der Waals surface area contributed by atoms with Crippen molar-refractivity contribution in [1.29, 1.82) is 0 Å². The van der Waals surface area contributed by atoms with Crippen LogP contribution in [-0.2, 0) is 4.79 Å². The molecule has 0 radical (unpaired) electrons. The number of carbonyl (C=O) groups is 1. The molecule has 1 saturated carbocycles. The second kappa shape index (κ2) is 5.36. The van der Waals surface area contributed by atoms with Crippen LogP contribution >= 0.6 is 0 Å². The summed E-state index contributed by atoms with van der Waals surface area (Å²) in [7, 11) is 0. The molecule has 0 spiro atoms. The van der Waals surface area contributed by atoms with Gasteiger partial charge in [-0.1, -0.05) is 19.3 Å². The first-order chi connectivity index (χ1) is 9.01. The number of hydrogen-bond donors (Lipinski definition) is 2. The normalized spacial score (nSPS) is 17.7. The van der Waals surface area contributed by atoms with Crippen LogP contribution in [0.5, 0.6) is 0 Å². The topological polar surface area (TPSA) is 92.5 Å². The Balaban J connectivity index is 2.04. The van der Waals surface area contributed by atoms with Crippen LogP contribution in [0.15, 0.2) is 24.3 Å². The van der Waals surface area contributed by atoms with E-state index in [0.29, 0.717) is 18.5 Å². The van der Waals surface area contributed by atoms with Gasteiger partial charge in [0.15, 0.2) is 0 Å². The predicted molar refractivity (Wildman–Crippen MR) is 69.8 cm³/mol. The Kier molecular flexibility index (Phi) is 3.80. The third-order valence-corrected chi connectivity index (χ3v) is 3.44. The molecule has 0 unspecified atom stereocenters. The molecule has 19 heavy (non-hydrogen) atoms. The third-order valence-electron chi connectivity index (χ3n) is 3.44. The Morgan fingerprint density at radius 1 is 1.21 bits per heavy atom. The van der Waals surface area contributed by atoms with Crippen molar-refractivity contribution in [2.45, 2.75) is 37.7 Å². The monoisotopic (exact) mass is 264 g/mol. The Morgan fingerprint density at radius 2 is 1.79 bits per heavy atom. The van der Waals surface area contributed by atoms with Gasteiger partial charge in [-0.05, 0) is 25.0 Å². The summed E-state index contributed by atoms with van der Waals surface area (Å²) in [4.78, 5) is 22.0. The van der Waals surface area contributed by atoms with Crippen LogP contribution in [0.3, 0.4) is 0 Å². The molecule has 1 aliphatic carbocycles. The van der Waals surface area contributed by atoms with Gasteiger partial charge in [-0.15, -0.1) is 0 Å². The SMILES string of the molecule is O=C(Nc1ccc([N+](=O)[O-])cc1)C1(O)CCCCC1. The lowest BCUT2D eigenvalue weighted by atomic mass is 9.84. The molecule has 1 aliphatic rings. The van der Waals surface area contributed by atoms with Crippen LogP contribution < -0.4 is 5.32 Å². The van der Waals surface area contributed by atoms with Crippen molar-refractivity contribution >= 4 is 17.3 Å². The summed E-state index contributed by atoms with van der Waals surface area (Å²) in [6.45, 7) is 0. The smallest absolute Gasteiger partial charge is 0.269 e. The Bertz CT molecular complexity index is 478. The first-order valence-corrected chi connectivity index (χ1v) is 6.29. The number of aliphatic hydroxyl groups is 1. The van der Waals surface area contributed by atoms with Gasteiger partial charge in [-0.2, -0.15) is 0 Å². The number of nitro benzene ring substituents is 1. The van der Waals surface area contributed by atoms with Crippen LogP contribution in [0.25, 0.3) is 0 Å². The summed E-state index contributed by atoms with van der Waals surface area (Å²) in [5.41, 5.74) is -0.885. The number of carbonyl (C=O) groups excluding carboxylic acids is 1. The molecule has 0 aliphatic heterocycles. The van der Waals surface area contributed by atoms with Crippen LogP contribution in [0, 0.1) is 10.1 Å². The van der Waals surface area contributed by atoms with Crippen molar-refractivity contribution < 1.29 is 14.8 Å². The summed E-state index contributed by atoms with van der Waals surface area (Å²) < 4.78 is 0. The molecule has 102 valence electrons. The van der Waals surface area contributed by atoms with Crippen molar-refractivity contribution in [3.05, 3.63) is 34.4 Å². The minimum absolute atomic E-state index is 0.0330. The van der Waals surface area contributed by atoms with E-state index in [0.717, 1.165) is 19.3 Å². The molecule has 6 nitrogen and oxygen atoms in total. The quantitative estimate of drug-likeness (QED) is 0.646. The van der Waals surface area contributed by atoms with Gasteiger partial charge >= 0.3 is 0 Å². The van der Waals surface area contributed by atoms with Crippen molar-refractivity contribution in [1.82, 2.24) is 0 Å². The van der Waals surface area contributed by atoms with E-state index in [2.05, 4.69) is 5.32 Å². The van der Waals surface area contributed by atoms with E-state index in [4.69, 9.17) is 0 Å². The maximum atomic E-state index is 12.0. The highest BCUT2D eigenvalue weighted by Gasteiger charge is 2.36. The lowest BCUT2D eigenvalue weighted by Gasteiger charge is -2.30. The number of rotatable bonds is 3. The number of nitrogens with zero attached hydrogens (tertiary/aromatic N) is 1. The number of nitrogens with one attached hydrogen (secondary N) is 1. The minimum atomic E-state index is -1.31. The second-order valence-electron chi connectivity index (χ2n) is 4.85. The summed E-state index contributed by atoms with van der Waals surface area (Å²) >= 11 is 0. The summed E-state index contributed by atoms with van der Waals surface area (Å²) in [6.07, 6.45) is 3.64. The van der Waals surface area contributed by atoms with Crippen LogP contribution in [0.4, 0.5) is 11.4 Å². The lowest BCUT2D eigenvalue weighted by Crippen LogP contribution is -2.44. The fraction of sp³-hybridized carbons (Fsp3) is 0.462. The Hall–Kier alpha value is -1.95. The van der Waals surface area contributed by atoms with Gasteiger partial charge < -0.3 is 10.4 Å². The molecular weight excluding hydrogens is 248 g/mol. The fourth-order valence-electron chi connectivity index (χ4n) is 2.28. The van der Waals surface area contributed by atoms with E-state index < -0.39 is 16.4 Å². The minimum Gasteiger partial charge on any atom is -0.380 e. The van der Waals surface area contributed by atoms with Crippen molar-refractivity contribution in [3.8, 4) is 0 Å². The van der Waals surface area contributed by atoms with Gasteiger partial charge in [0.25, 0.3) is 11.6 Å². The summed E-state index contributed by atoms with van der Waals surface area (Å²) in [5.74, 6) is -0.430. The molecule has 6 heteroatoms. The number of nitro groups is 1. The maximum absolute atomic E-state index is 12.0. The average molecular weight is 264 g/mol. The molecule has 0 atom stereocenters. The van der Waals surface area contributed by atoms with E-state index in [1.165, 1.54) is 24.3 Å². The van der Waals surface area contributed by atoms with Crippen molar-refractivity contribution in [3.63, 3.8) is 0 Å². The van der Waals surface area contributed by atoms with E-state index >= 15 is 0 Å². The maximum Gasteiger partial charge on any atom is 0.269 e. The lowest BCUT2D eigenvalue weighted by molar-refractivity contribution is -0.384. The van der Waals surface area contributed by atoms with E-state index in [9.17, 15) is 20.0 Å². The predicted octanol–water partition coefficient (Wildman–Crippen LogP) is 2.23. The van der Waals surface area contributed by atoms with Gasteiger partial charge in [0.2, 0.25) is 0 Å². The summed E-state index contributed by atoms with van der Waals surface area (Å²) in [6, 6.07) is 5.56. The molecule has 0 aromatic heterocycles. The molecular formula is C13H16N2O4. The third kappa shape index (κ3) is 3.08. The number of benzene rings is 1. The zero-order valence-electron chi connectivity index (χ0n) is 10.5. The van der Waals surface area contributed by atoms with Crippen molar-refractivity contribution in [2.24, 2.45) is 0 Å². The van der Waals surface area contributed by atoms with E-state index in [1.807, 2.05) is 0 Å². The molecule has 2 N–H and O–H groups in total. The number of anilines is 1. The standard InChI is InChI=1S/C13H16N2O4/c16-12(13(17)8-2-1-3-9-13)14-10-4-6-11(7-5-10)15(18)19/h4-7,17H,1-3,8-9H2,(H,14,16). The molecule has 1 aromatic rings. The van der Waals surface area contributed by atoms with E-state index in [-0.39, 0.29) is 5.69 Å². The van der Waals surface area contributed by atoms with Crippen LogP contribution in [0.2, 0.25) is 0 Å². The van der Waals surface area contributed by atoms with E-state index in [1.54, 1.807) is 0 Å². The van der Waals surface area contributed by atoms with Gasteiger partial charge in [-0.25, -0.2) is 0 Å². The van der Waals surface area contributed by atoms with Crippen LogP contribution in [0.1, 0.15) is 32.1 Å². The molecule has 1 aromatic carbocycles. The molecule has 1 amide bonds. The second-order valence-corrected chi connectivity index (χ2v) is 4.85. The highest BCUT2D eigenvalue weighted by Crippen LogP contribution is 2.29. The first-order valence-electron chi connectivity index (χ1n) is 6.29. The molecule has 0 heterocycles. The molecule has 0 bridgehead atoms. The van der Waals surface area contributed by atoms with Gasteiger partial charge in [0, 0.05) is 17.8 Å². The molecule has 2 rings (SSSR count). The number of non-ortho nitro benzene ring substituents is 1. The van der Waals surface area contributed by atoms with Crippen molar-refractivity contribution in [2.75, 3.05) is 5.32 Å². The van der Waals surface area contributed by atoms with Gasteiger partial charge in [0.1, 0.15) is 5.60 Å². The molecule has 0 saturated heterocycles. The molecule has 1 fully saturated rings. The fourth-order valence-corrected chi connectivity index (χ4v) is 2.28. The largest absolute Gasteiger partial charge is 0.380 e. The number of amides is 1. The zero-order chi connectivity index (χ0) is 13.9. The Labute approximate surface area is 110 Å². The van der Waals surface area contributed by atoms with Gasteiger partial charge in [-0.3, -0.25) is 14.9 Å². The van der Waals surface area contributed by atoms with Gasteiger partial charge in [0.05, 0.1) is 4.92 Å². The highest BCUT2D eigenvalue weighted by atomic mass is 16.6. The number of hydrogen-bond acceptors (Lipinski definition) is 4. The zero-order valence-corrected chi connectivity index (χ0v) is 10.5.